The second kappa shape index (κ2) is 16.4. The second-order valence-corrected chi connectivity index (χ2v) is 17.5. The summed E-state index contributed by atoms with van der Waals surface area (Å²) in [5, 5.41) is 0. The summed E-state index contributed by atoms with van der Waals surface area (Å²) in [6, 6.07) is 13.7. The quantitative estimate of drug-likeness (QED) is 0.234. The number of hydrogen-bond acceptors (Lipinski definition) is 11. The van der Waals surface area contributed by atoms with Crippen molar-refractivity contribution in [1.29, 1.82) is 0 Å². The second-order valence-electron chi connectivity index (χ2n) is 17.5. The Morgan fingerprint density at radius 1 is 0.817 bits per heavy atom. The molecule has 5 fully saturated rings. The largest absolute Gasteiger partial charge is 0.367 e. The van der Waals surface area contributed by atoms with Crippen LogP contribution in [-0.4, -0.2) is 142 Å². The number of nitrogens with zero attached hydrogens (tertiary/aromatic N) is 8. The molecule has 60 heavy (non-hydrogen) atoms. The number of aromatic nitrogens is 2. The predicted molar refractivity (Wildman–Crippen MR) is 223 cm³/mol. The van der Waals surface area contributed by atoms with E-state index in [2.05, 4.69) is 43.9 Å². The molecule has 6 aliphatic rings. The number of likely N-dealkylation sites (tertiary alicyclic amines) is 1. The van der Waals surface area contributed by atoms with Gasteiger partial charge in [0.15, 0.2) is 5.78 Å². The van der Waals surface area contributed by atoms with Gasteiger partial charge in [0, 0.05) is 70.9 Å². The van der Waals surface area contributed by atoms with Crippen LogP contribution in [0.5, 0.6) is 0 Å². The van der Waals surface area contributed by atoms with Gasteiger partial charge >= 0.3 is 6.03 Å². The molecular weight excluding hydrogens is 763 g/mol. The van der Waals surface area contributed by atoms with E-state index in [-0.39, 0.29) is 54.6 Å². The van der Waals surface area contributed by atoms with Crippen molar-refractivity contribution in [2.24, 2.45) is 5.73 Å². The zero-order chi connectivity index (χ0) is 41.7. The molecule has 0 radical (unpaired) electrons. The predicted octanol–water partition coefficient (Wildman–Crippen LogP) is 3.64. The average molecular weight is 816 g/mol. The zero-order valence-corrected chi connectivity index (χ0v) is 34.3. The number of anilines is 2. The van der Waals surface area contributed by atoms with E-state index in [4.69, 9.17) is 10.7 Å². The van der Waals surface area contributed by atoms with Gasteiger partial charge in [0.2, 0.25) is 0 Å². The third-order valence-corrected chi connectivity index (χ3v) is 13.7. The van der Waals surface area contributed by atoms with E-state index in [0.717, 1.165) is 100 Å². The maximum Gasteiger partial charge on any atom is 0.320 e. The number of carbonyl (C=O) groups excluding carboxylic acids is 6. The summed E-state index contributed by atoms with van der Waals surface area (Å²) in [6.45, 7) is 6.68. The molecule has 4 saturated heterocycles. The standard InChI is InChI=1S/C45H53N9O6/c1-49-20-21-53(45(49)60)33-4-2-16-51(27-33)40-25-47-41(42(46)57)37(48-40)22-28-6-8-29(9-7-28)30-14-18-50(19-15-30)26-32-5-3-17-52(32)31-10-12-35-36(23-31)44(59)54(43(35)58)38-13-11-34(55)24-39(38)56/h6-10,12,23,25,30,32-33,38H,2-5,11,13-22,24,26-27H2,1H3,(H2,46,57)/t32-,33+,38?/m1/s1. The highest BCUT2D eigenvalue weighted by atomic mass is 16.2. The van der Waals surface area contributed by atoms with Crippen LogP contribution in [0.3, 0.4) is 0 Å². The highest BCUT2D eigenvalue weighted by Crippen LogP contribution is 2.35. The smallest absolute Gasteiger partial charge is 0.320 e. The lowest BCUT2D eigenvalue weighted by Crippen LogP contribution is -2.49. The van der Waals surface area contributed by atoms with Crippen molar-refractivity contribution in [2.75, 3.05) is 69.2 Å². The van der Waals surface area contributed by atoms with Crippen molar-refractivity contribution in [3.63, 3.8) is 0 Å². The average Bonchev–Trinajstić information content (AvgIpc) is 3.93. The molecule has 1 saturated carbocycles. The Balaban J connectivity index is 0.801. The van der Waals surface area contributed by atoms with Gasteiger partial charge < -0.3 is 30.2 Å². The minimum absolute atomic E-state index is 0.0708. The number of Topliss-reactive ketones (excluding diaryl/α,β-unsaturated/α-hetero) is 2. The fourth-order valence-electron chi connectivity index (χ4n) is 10.4. The van der Waals surface area contributed by atoms with E-state index in [1.165, 1.54) is 5.56 Å². The zero-order valence-electron chi connectivity index (χ0n) is 34.3. The first kappa shape index (κ1) is 39.7. The third kappa shape index (κ3) is 7.63. The molecule has 2 aromatic carbocycles. The molecule has 15 heteroatoms. The lowest BCUT2D eigenvalue weighted by atomic mass is 9.88. The molecule has 5 aliphatic heterocycles. The van der Waals surface area contributed by atoms with Crippen LogP contribution in [0, 0.1) is 0 Å². The van der Waals surface area contributed by atoms with E-state index in [1.807, 2.05) is 24.1 Å². The molecule has 6 heterocycles. The van der Waals surface area contributed by atoms with Crippen molar-refractivity contribution in [2.45, 2.75) is 88.3 Å². The molecule has 9 rings (SSSR count). The van der Waals surface area contributed by atoms with Crippen LogP contribution in [0.4, 0.5) is 16.3 Å². The number of fused-ring (bicyclic) bond motifs is 1. The van der Waals surface area contributed by atoms with Crippen molar-refractivity contribution in [1.82, 2.24) is 29.6 Å². The molecule has 1 unspecified atom stereocenters. The van der Waals surface area contributed by atoms with Crippen LogP contribution < -0.4 is 15.5 Å². The van der Waals surface area contributed by atoms with Crippen LogP contribution in [0.1, 0.15) is 112 Å². The number of nitrogens with two attached hydrogens (primary N) is 1. The number of amides is 5. The van der Waals surface area contributed by atoms with Gasteiger partial charge in [0.1, 0.15) is 17.3 Å². The van der Waals surface area contributed by atoms with Crippen LogP contribution in [0.2, 0.25) is 0 Å². The third-order valence-electron chi connectivity index (χ3n) is 13.7. The Morgan fingerprint density at radius 3 is 2.32 bits per heavy atom. The molecule has 3 aromatic rings. The van der Waals surface area contributed by atoms with E-state index in [1.54, 1.807) is 17.2 Å². The molecule has 1 aliphatic carbocycles. The van der Waals surface area contributed by atoms with E-state index < -0.39 is 23.8 Å². The Hall–Kier alpha value is -5.70. The first-order valence-electron chi connectivity index (χ1n) is 21.6. The monoisotopic (exact) mass is 815 g/mol. The molecule has 3 atom stereocenters. The van der Waals surface area contributed by atoms with Gasteiger partial charge in [-0.25, -0.2) is 14.8 Å². The first-order chi connectivity index (χ1) is 29.0. The van der Waals surface area contributed by atoms with Crippen LogP contribution >= 0.6 is 0 Å². The van der Waals surface area contributed by atoms with E-state index >= 15 is 0 Å². The van der Waals surface area contributed by atoms with Gasteiger partial charge in [-0.2, -0.15) is 0 Å². The number of carbonyl (C=O) groups is 6. The summed E-state index contributed by atoms with van der Waals surface area (Å²) < 4.78 is 0. The lowest BCUT2D eigenvalue weighted by Gasteiger charge is -2.37. The van der Waals surface area contributed by atoms with Gasteiger partial charge in [0.25, 0.3) is 17.7 Å². The number of rotatable bonds is 10. The summed E-state index contributed by atoms with van der Waals surface area (Å²) in [4.78, 5) is 97.6. The topological polar surface area (TPSA) is 174 Å². The highest BCUT2D eigenvalue weighted by molar-refractivity contribution is 6.24. The number of hydrogen-bond donors (Lipinski definition) is 1. The minimum Gasteiger partial charge on any atom is -0.367 e. The fourth-order valence-corrected chi connectivity index (χ4v) is 10.4. The number of benzene rings is 2. The maximum atomic E-state index is 13.5. The Morgan fingerprint density at radius 2 is 1.58 bits per heavy atom. The Bertz CT molecular complexity index is 2220. The lowest BCUT2D eigenvalue weighted by molar-refractivity contribution is -0.132. The normalized spacial score (nSPS) is 24.3. The SMILES string of the molecule is CN1CCN([C@H]2CCCN(c3cnc(C(N)=O)c(Cc4ccc(C5CCN(C[C@H]6CCCN6c6ccc7c(c6)C(=O)N(C6CCC(=O)CC6=O)C7=O)CC5)cc4)n3)C2)C1=O. The Labute approximate surface area is 349 Å². The van der Waals surface area contributed by atoms with Crippen LogP contribution in [-0.2, 0) is 16.0 Å². The van der Waals surface area contributed by atoms with Crippen molar-refractivity contribution >= 4 is 46.8 Å². The number of likely N-dealkylation sites (N-methyl/N-ethyl adjacent to an activating group) is 1. The van der Waals surface area contributed by atoms with E-state index in [0.29, 0.717) is 41.5 Å². The highest BCUT2D eigenvalue weighted by Gasteiger charge is 2.45. The minimum atomic E-state index is -0.870. The van der Waals surface area contributed by atoms with Crippen LogP contribution in [0.25, 0.3) is 0 Å². The summed E-state index contributed by atoms with van der Waals surface area (Å²) in [5.74, 6) is -0.862. The van der Waals surface area contributed by atoms with Crippen molar-refractivity contribution < 1.29 is 28.8 Å². The molecule has 2 N–H and O–H groups in total. The molecule has 5 amide bonds. The summed E-state index contributed by atoms with van der Waals surface area (Å²) >= 11 is 0. The number of primary amides is 1. The van der Waals surface area contributed by atoms with E-state index in [9.17, 15) is 28.8 Å². The van der Waals surface area contributed by atoms with Crippen LogP contribution in [0.15, 0.2) is 48.7 Å². The number of ketones is 2. The maximum absolute atomic E-state index is 13.5. The number of urea groups is 1. The number of piperidine rings is 2. The fraction of sp³-hybridized carbons (Fsp3) is 0.511. The summed E-state index contributed by atoms with van der Waals surface area (Å²) in [7, 11) is 1.84. The summed E-state index contributed by atoms with van der Waals surface area (Å²) in [6.07, 6.45) is 8.28. The molecule has 314 valence electrons. The van der Waals surface area contributed by atoms with Gasteiger partial charge in [-0.05, 0) is 93.3 Å². The summed E-state index contributed by atoms with van der Waals surface area (Å²) in [5.41, 5.74) is 10.4. The molecule has 0 bridgehead atoms. The first-order valence-corrected chi connectivity index (χ1v) is 21.6. The van der Waals surface area contributed by atoms with Gasteiger partial charge in [0.05, 0.1) is 41.5 Å². The van der Waals surface area contributed by atoms with Crippen molar-refractivity contribution in [3.05, 3.63) is 82.3 Å². The molecular formula is C45H53N9O6. The number of imide groups is 1. The Kier molecular flexibility index (Phi) is 10.9. The van der Waals surface area contributed by atoms with Gasteiger partial charge in [-0.15, -0.1) is 0 Å². The van der Waals surface area contributed by atoms with Gasteiger partial charge in [-0.3, -0.25) is 28.9 Å². The van der Waals surface area contributed by atoms with Crippen molar-refractivity contribution in [3.8, 4) is 0 Å². The van der Waals surface area contributed by atoms with Gasteiger partial charge in [-0.1, -0.05) is 24.3 Å². The molecule has 1 aromatic heterocycles. The molecule has 15 nitrogen and oxygen atoms in total. The molecule has 0 spiro atoms.